The number of aliphatic hydroxyl groups excluding tert-OH is 2. The second-order valence-electron chi connectivity index (χ2n) is 7.97. The fourth-order valence-electron chi connectivity index (χ4n) is 4.47. The molecule has 148 valence electrons. The first-order chi connectivity index (χ1) is 12.5. The minimum Gasteiger partial charge on any atom is -0.469 e. The Bertz CT molecular complexity index is 496. The quantitative estimate of drug-likeness (QED) is 0.328. The Morgan fingerprint density at radius 2 is 2.15 bits per heavy atom. The van der Waals surface area contributed by atoms with Crippen LogP contribution < -0.4 is 0 Å². The van der Waals surface area contributed by atoms with Gasteiger partial charge in [-0.1, -0.05) is 50.0 Å². The molecule has 0 amide bonds. The molecule has 0 heterocycles. The van der Waals surface area contributed by atoms with Gasteiger partial charge in [0.1, 0.15) is 0 Å². The molecule has 1 saturated carbocycles. The number of allylic oxidation sites excluding steroid dienone is 2. The Morgan fingerprint density at radius 3 is 2.88 bits per heavy atom. The monoisotopic (exact) mass is 364 g/mol. The Balaban J connectivity index is 1.76. The molecule has 26 heavy (non-hydrogen) atoms. The minimum atomic E-state index is -0.389. The number of esters is 1. The van der Waals surface area contributed by atoms with Gasteiger partial charge in [-0.15, -0.1) is 0 Å². The number of hydrogen-bond donors (Lipinski definition) is 2. The average molecular weight is 365 g/mol. The van der Waals surface area contributed by atoms with Crippen LogP contribution in [0.5, 0.6) is 0 Å². The summed E-state index contributed by atoms with van der Waals surface area (Å²) < 4.78 is 4.68. The summed E-state index contributed by atoms with van der Waals surface area (Å²) in [6.07, 6.45) is 15.1. The van der Waals surface area contributed by atoms with Crippen LogP contribution in [0.15, 0.2) is 23.8 Å². The van der Waals surface area contributed by atoms with Gasteiger partial charge in [0, 0.05) is 12.3 Å². The van der Waals surface area contributed by atoms with Crippen molar-refractivity contribution < 1.29 is 19.7 Å². The maximum Gasteiger partial charge on any atom is 0.305 e. The van der Waals surface area contributed by atoms with Gasteiger partial charge in [0.25, 0.3) is 0 Å². The van der Waals surface area contributed by atoms with Crippen molar-refractivity contribution in [1.29, 1.82) is 0 Å². The van der Waals surface area contributed by atoms with E-state index in [9.17, 15) is 15.0 Å². The average Bonchev–Trinajstić information content (AvgIpc) is 3.13. The highest BCUT2D eigenvalue weighted by Gasteiger charge is 2.43. The molecule has 1 fully saturated rings. The first kappa shape index (κ1) is 21.2. The molecular weight excluding hydrogens is 328 g/mol. The normalized spacial score (nSPS) is 29.0. The van der Waals surface area contributed by atoms with Crippen LogP contribution in [-0.2, 0) is 9.53 Å². The van der Waals surface area contributed by atoms with Gasteiger partial charge in [0.2, 0.25) is 0 Å². The molecule has 0 aromatic heterocycles. The number of fused-ring (bicyclic) bond motifs is 1. The van der Waals surface area contributed by atoms with E-state index in [2.05, 4.69) is 23.8 Å². The van der Waals surface area contributed by atoms with Crippen molar-refractivity contribution >= 4 is 5.97 Å². The predicted molar refractivity (Wildman–Crippen MR) is 104 cm³/mol. The highest BCUT2D eigenvalue weighted by molar-refractivity contribution is 5.68. The van der Waals surface area contributed by atoms with E-state index in [1.54, 1.807) is 0 Å². The van der Waals surface area contributed by atoms with Crippen LogP contribution in [0.4, 0.5) is 0 Å². The number of aliphatic hydroxyl groups is 2. The first-order valence-electron chi connectivity index (χ1n) is 10.4. The van der Waals surface area contributed by atoms with E-state index in [0.29, 0.717) is 18.3 Å². The van der Waals surface area contributed by atoms with Gasteiger partial charge in [-0.2, -0.15) is 0 Å². The van der Waals surface area contributed by atoms with Gasteiger partial charge >= 0.3 is 5.97 Å². The molecule has 4 nitrogen and oxygen atoms in total. The van der Waals surface area contributed by atoms with Crippen LogP contribution in [0.25, 0.3) is 0 Å². The van der Waals surface area contributed by atoms with Gasteiger partial charge in [0.05, 0.1) is 19.3 Å². The SMILES string of the molecule is CCCCC[C@H](O)/C=C/[C@@H]1C2CC(CCCCC(=O)OC)=CC2C[C@H]1O. The summed E-state index contributed by atoms with van der Waals surface area (Å²) in [4.78, 5) is 11.2. The minimum absolute atomic E-state index is 0.131. The van der Waals surface area contributed by atoms with Crippen molar-refractivity contribution in [1.82, 2.24) is 0 Å². The van der Waals surface area contributed by atoms with E-state index >= 15 is 0 Å². The van der Waals surface area contributed by atoms with Crippen molar-refractivity contribution in [2.75, 3.05) is 7.11 Å². The van der Waals surface area contributed by atoms with E-state index in [1.807, 2.05) is 6.08 Å². The van der Waals surface area contributed by atoms with E-state index in [4.69, 9.17) is 0 Å². The molecule has 2 N–H and O–H groups in total. The van der Waals surface area contributed by atoms with Crippen LogP contribution in [0, 0.1) is 17.8 Å². The molecule has 2 unspecified atom stereocenters. The zero-order chi connectivity index (χ0) is 18.9. The molecule has 4 heteroatoms. The van der Waals surface area contributed by atoms with E-state index in [0.717, 1.165) is 57.8 Å². The third-order valence-electron chi connectivity index (χ3n) is 5.97. The highest BCUT2D eigenvalue weighted by atomic mass is 16.5. The summed E-state index contributed by atoms with van der Waals surface area (Å²) in [5.41, 5.74) is 1.47. The number of methoxy groups -OCH3 is 1. The van der Waals surface area contributed by atoms with Gasteiger partial charge in [-0.25, -0.2) is 0 Å². The van der Waals surface area contributed by atoms with Crippen LogP contribution in [-0.4, -0.2) is 35.5 Å². The summed E-state index contributed by atoms with van der Waals surface area (Å²) in [5.74, 6) is 0.963. The summed E-state index contributed by atoms with van der Waals surface area (Å²) >= 11 is 0. The molecule has 0 aromatic rings. The Morgan fingerprint density at radius 1 is 1.35 bits per heavy atom. The van der Waals surface area contributed by atoms with Crippen molar-refractivity contribution in [3.05, 3.63) is 23.8 Å². The van der Waals surface area contributed by atoms with Crippen molar-refractivity contribution in [3.8, 4) is 0 Å². The van der Waals surface area contributed by atoms with E-state index in [1.165, 1.54) is 12.7 Å². The number of unbranched alkanes of at least 4 members (excludes halogenated alkanes) is 3. The smallest absolute Gasteiger partial charge is 0.305 e. The summed E-state index contributed by atoms with van der Waals surface area (Å²) in [7, 11) is 1.43. The molecule has 5 atom stereocenters. The second kappa shape index (κ2) is 10.9. The molecular formula is C22H36O4. The number of carbonyl (C=O) groups is 1. The first-order valence-corrected chi connectivity index (χ1v) is 10.4. The van der Waals surface area contributed by atoms with E-state index in [-0.39, 0.29) is 24.1 Å². The van der Waals surface area contributed by atoms with Crippen LogP contribution >= 0.6 is 0 Å². The second-order valence-corrected chi connectivity index (χ2v) is 7.97. The third kappa shape index (κ3) is 6.24. The molecule has 0 bridgehead atoms. The van der Waals surface area contributed by atoms with E-state index < -0.39 is 0 Å². The van der Waals surface area contributed by atoms with Crippen molar-refractivity contribution in [2.45, 2.75) is 83.3 Å². The maximum atomic E-state index is 11.2. The molecule has 2 aliphatic rings. The lowest BCUT2D eigenvalue weighted by Crippen LogP contribution is -2.18. The van der Waals surface area contributed by atoms with Crippen LogP contribution in [0.2, 0.25) is 0 Å². The summed E-state index contributed by atoms with van der Waals surface area (Å²) in [6.45, 7) is 2.16. The van der Waals surface area contributed by atoms with Crippen LogP contribution in [0.1, 0.15) is 71.1 Å². The zero-order valence-corrected chi connectivity index (χ0v) is 16.4. The van der Waals surface area contributed by atoms with Gasteiger partial charge in [-0.05, 0) is 50.4 Å². The van der Waals surface area contributed by atoms with Gasteiger partial charge in [0.15, 0.2) is 0 Å². The molecule has 2 aliphatic carbocycles. The lowest BCUT2D eigenvalue weighted by Gasteiger charge is -2.19. The number of carbonyl (C=O) groups excluding carboxylic acids is 1. The number of rotatable bonds is 11. The largest absolute Gasteiger partial charge is 0.469 e. The zero-order valence-electron chi connectivity index (χ0n) is 16.4. The number of hydrogen-bond acceptors (Lipinski definition) is 4. The molecule has 2 rings (SSSR count). The topological polar surface area (TPSA) is 66.8 Å². The molecule has 0 aromatic carbocycles. The van der Waals surface area contributed by atoms with Crippen molar-refractivity contribution in [2.24, 2.45) is 17.8 Å². The fraction of sp³-hybridized carbons (Fsp3) is 0.773. The summed E-state index contributed by atoms with van der Waals surface area (Å²) in [5, 5.41) is 20.5. The van der Waals surface area contributed by atoms with Gasteiger partial charge < -0.3 is 14.9 Å². The third-order valence-corrected chi connectivity index (χ3v) is 5.97. The number of ether oxygens (including phenoxy) is 1. The van der Waals surface area contributed by atoms with Crippen LogP contribution in [0.3, 0.4) is 0 Å². The highest BCUT2D eigenvalue weighted by Crippen LogP contribution is 2.48. The van der Waals surface area contributed by atoms with Gasteiger partial charge in [-0.3, -0.25) is 4.79 Å². The maximum absolute atomic E-state index is 11.2. The lowest BCUT2D eigenvalue weighted by molar-refractivity contribution is -0.140. The predicted octanol–water partition coefficient (Wildman–Crippen LogP) is 4.16. The summed E-state index contributed by atoms with van der Waals surface area (Å²) in [6, 6.07) is 0. The molecule has 0 spiro atoms. The Kier molecular flexibility index (Phi) is 8.86. The Labute approximate surface area is 158 Å². The Hall–Kier alpha value is -1.13. The molecule has 0 aliphatic heterocycles. The molecule has 0 saturated heterocycles. The standard InChI is InChI=1S/C22H36O4/c1-3-4-5-9-18(23)11-12-19-20-14-16(13-17(20)15-21(19)24)8-6-7-10-22(25)26-2/h11-13,17-21,23-24H,3-10,14-15H2,1-2H3/b12-11+/t17?,18-,19+,20?,21+/m0/s1. The fourth-order valence-corrected chi connectivity index (χ4v) is 4.47. The lowest BCUT2D eigenvalue weighted by atomic mass is 9.88. The molecule has 0 radical (unpaired) electrons. The van der Waals surface area contributed by atoms with Crippen molar-refractivity contribution in [3.63, 3.8) is 0 Å².